The predicted octanol–water partition coefficient (Wildman–Crippen LogP) is 1.52. The van der Waals surface area contributed by atoms with Crippen LogP contribution in [-0.2, 0) is 11.2 Å². The van der Waals surface area contributed by atoms with Crippen LogP contribution in [0.3, 0.4) is 0 Å². The number of carbonyl (C=O) groups excluding carboxylic acids is 1. The zero-order valence-corrected chi connectivity index (χ0v) is 10.7. The molecule has 1 saturated heterocycles. The van der Waals surface area contributed by atoms with Gasteiger partial charge in [0.05, 0.1) is 0 Å². The highest BCUT2D eigenvalue weighted by Crippen LogP contribution is 2.43. The summed E-state index contributed by atoms with van der Waals surface area (Å²) in [5.74, 6) is 3.20. The molecule has 0 spiro atoms. The molecule has 2 fully saturated rings. The molecule has 0 bridgehead atoms. The largest absolute Gasteiger partial charge is 0.342 e. The van der Waals surface area contributed by atoms with Crippen LogP contribution >= 0.6 is 0 Å². The molecular formula is C14H19N3O. The van der Waals surface area contributed by atoms with Gasteiger partial charge < -0.3 is 4.90 Å². The molecule has 1 aliphatic carbocycles. The summed E-state index contributed by atoms with van der Waals surface area (Å²) in [4.78, 5) is 22.1. The Morgan fingerprint density at radius 2 is 2.11 bits per heavy atom. The molecule has 2 aliphatic rings. The van der Waals surface area contributed by atoms with Gasteiger partial charge in [-0.05, 0) is 36.7 Å². The Balaban J connectivity index is 1.67. The molecule has 3 rings (SSSR count). The van der Waals surface area contributed by atoms with Crippen molar-refractivity contribution in [3.8, 4) is 0 Å². The molecule has 1 aromatic heterocycles. The van der Waals surface area contributed by atoms with Crippen molar-refractivity contribution in [2.45, 2.75) is 26.2 Å². The molecule has 3 atom stereocenters. The summed E-state index contributed by atoms with van der Waals surface area (Å²) in [5, 5.41) is 0. The summed E-state index contributed by atoms with van der Waals surface area (Å²) in [5.41, 5.74) is 0. The van der Waals surface area contributed by atoms with Gasteiger partial charge >= 0.3 is 0 Å². The number of amides is 1. The SMILES string of the molecule is CC(=O)N1C[C@H]2CC[C@H](Cc3ncccn3)[C@H]2C1. The molecule has 18 heavy (non-hydrogen) atoms. The normalized spacial score (nSPS) is 30.5. The van der Waals surface area contributed by atoms with Crippen molar-refractivity contribution in [1.29, 1.82) is 0 Å². The average molecular weight is 245 g/mol. The second-order valence-corrected chi connectivity index (χ2v) is 5.55. The lowest BCUT2D eigenvalue weighted by Crippen LogP contribution is -2.28. The first-order valence-corrected chi connectivity index (χ1v) is 6.75. The van der Waals surface area contributed by atoms with Crippen LogP contribution in [-0.4, -0.2) is 33.9 Å². The Morgan fingerprint density at radius 3 is 2.83 bits per heavy atom. The topological polar surface area (TPSA) is 46.1 Å². The molecule has 0 unspecified atom stereocenters. The fourth-order valence-corrected chi connectivity index (χ4v) is 3.56. The highest BCUT2D eigenvalue weighted by atomic mass is 16.2. The van der Waals surface area contributed by atoms with Crippen LogP contribution in [0, 0.1) is 17.8 Å². The zero-order chi connectivity index (χ0) is 12.5. The third-order valence-corrected chi connectivity index (χ3v) is 4.51. The van der Waals surface area contributed by atoms with E-state index in [0.717, 1.165) is 25.3 Å². The van der Waals surface area contributed by atoms with Gasteiger partial charge in [0.15, 0.2) is 0 Å². The molecule has 1 aromatic rings. The van der Waals surface area contributed by atoms with Gasteiger partial charge in [-0.3, -0.25) is 4.79 Å². The maximum Gasteiger partial charge on any atom is 0.219 e. The van der Waals surface area contributed by atoms with Gasteiger partial charge in [0, 0.05) is 38.8 Å². The van der Waals surface area contributed by atoms with Crippen LogP contribution < -0.4 is 0 Å². The standard InChI is InChI=1S/C14H19N3O/c1-10(18)17-8-12-4-3-11(13(12)9-17)7-14-15-5-2-6-16-14/h2,5-6,11-13H,3-4,7-9H2,1H3/t11-,12-,13-/m1/s1. The Hall–Kier alpha value is -1.45. The Labute approximate surface area is 107 Å². The number of carbonyl (C=O) groups is 1. The minimum atomic E-state index is 0.221. The van der Waals surface area contributed by atoms with E-state index in [9.17, 15) is 4.79 Å². The highest BCUT2D eigenvalue weighted by Gasteiger charge is 2.43. The van der Waals surface area contributed by atoms with E-state index in [1.54, 1.807) is 6.92 Å². The molecule has 4 heteroatoms. The van der Waals surface area contributed by atoms with Gasteiger partial charge in [0.25, 0.3) is 0 Å². The lowest BCUT2D eigenvalue weighted by atomic mass is 9.90. The van der Waals surface area contributed by atoms with Crippen molar-refractivity contribution in [3.63, 3.8) is 0 Å². The monoisotopic (exact) mass is 245 g/mol. The van der Waals surface area contributed by atoms with Crippen LogP contribution in [0.4, 0.5) is 0 Å². The van der Waals surface area contributed by atoms with E-state index in [1.807, 2.05) is 23.4 Å². The van der Waals surface area contributed by atoms with Crippen molar-refractivity contribution >= 4 is 5.91 Å². The van der Waals surface area contributed by atoms with Crippen LogP contribution in [0.2, 0.25) is 0 Å². The van der Waals surface area contributed by atoms with Crippen LogP contribution in [0.5, 0.6) is 0 Å². The lowest BCUT2D eigenvalue weighted by Gasteiger charge is -2.19. The summed E-state index contributed by atoms with van der Waals surface area (Å²) < 4.78 is 0. The average Bonchev–Trinajstić information content (AvgIpc) is 2.93. The fraction of sp³-hybridized carbons (Fsp3) is 0.643. The summed E-state index contributed by atoms with van der Waals surface area (Å²) in [7, 11) is 0. The molecule has 96 valence electrons. The third-order valence-electron chi connectivity index (χ3n) is 4.51. The van der Waals surface area contributed by atoms with Gasteiger partial charge in [0.1, 0.15) is 5.82 Å². The molecule has 0 N–H and O–H groups in total. The van der Waals surface area contributed by atoms with Gasteiger partial charge in [-0.25, -0.2) is 9.97 Å². The van der Waals surface area contributed by atoms with E-state index in [4.69, 9.17) is 0 Å². The van der Waals surface area contributed by atoms with Crippen molar-refractivity contribution in [1.82, 2.24) is 14.9 Å². The second kappa shape index (κ2) is 4.67. The Morgan fingerprint density at radius 1 is 1.33 bits per heavy atom. The summed E-state index contributed by atoms with van der Waals surface area (Å²) >= 11 is 0. The number of hydrogen-bond acceptors (Lipinski definition) is 3. The molecule has 1 amide bonds. The third kappa shape index (κ3) is 2.11. The molecule has 0 aromatic carbocycles. The fourth-order valence-electron chi connectivity index (χ4n) is 3.56. The molecule has 1 aliphatic heterocycles. The number of nitrogens with zero attached hydrogens (tertiary/aromatic N) is 3. The zero-order valence-electron chi connectivity index (χ0n) is 10.7. The minimum Gasteiger partial charge on any atom is -0.342 e. The second-order valence-electron chi connectivity index (χ2n) is 5.55. The van der Waals surface area contributed by atoms with E-state index >= 15 is 0 Å². The predicted molar refractivity (Wildman–Crippen MR) is 67.7 cm³/mol. The van der Waals surface area contributed by atoms with Gasteiger partial charge in [-0.15, -0.1) is 0 Å². The van der Waals surface area contributed by atoms with Gasteiger partial charge in [-0.1, -0.05) is 0 Å². The number of fused-ring (bicyclic) bond motifs is 1. The Kier molecular flexibility index (Phi) is 3.02. The first-order chi connectivity index (χ1) is 8.74. The van der Waals surface area contributed by atoms with Gasteiger partial charge in [0.2, 0.25) is 5.91 Å². The number of aromatic nitrogens is 2. The van der Waals surface area contributed by atoms with Crippen LogP contribution in [0.15, 0.2) is 18.5 Å². The molecule has 2 heterocycles. The quantitative estimate of drug-likeness (QED) is 0.793. The first-order valence-electron chi connectivity index (χ1n) is 6.75. The van der Waals surface area contributed by atoms with E-state index < -0.39 is 0 Å². The van der Waals surface area contributed by atoms with Crippen molar-refractivity contribution in [3.05, 3.63) is 24.3 Å². The van der Waals surface area contributed by atoms with E-state index in [1.165, 1.54) is 12.8 Å². The maximum absolute atomic E-state index is 11.4. The van der Waals surface area contributed by atoms with Crippen molar-refractivity contribution in [2.75, 3.05) is 13.1 Å². The first kappa shape index (κ1) is 11.6. The minimum absolute atomic E-state index is 0.221. The number of hydrogen-bond donors (Lipinski definition) is 0. The Bertz CT molecular complexity index is 434. The molecule has 1 saturated carbocycles. The van der Waals surface area contributed by atoms with Crippen LogP contribution in [0.25, 0.3) is 0 Å². The highest BCUT2D eigenvalue weighted by molar-refractivity contribution is 5.73. The lowest BCUT2D eigenvalue weighted by molar-refractivity contribution is -0.128. The van der Waals surface area contributed by atoms with E-state index in [0.29, 0.717) is 17.8 Å². The molecule has 0 radical (unpaired) electrons. The summed E-state index contributed by atoms with van der Waals surface area (Å²) in [6, 6.07) is 1.86. The number of likely N-dealkylation sites (tertiary alicyclic amines) is 1. The summed E-state index contributed by atoms with van der Waals surface area (Å²) in [6.45, 7) is 3.58. The van der Waals surface area contributed by atoms with Crippen molar-refractivity contribution < 1.29 is 4.79 Å². The van der Waals surface area contributed by atoms with Crippen molar-refractivity contribution in [2.24, 2.45) is 17.8 Å². The van der Waals surface area contributed by atoms with E-state index in [2.05, 4.69) is 9.97 Å². The van der Waals surface area contributed by atoms with Crippen LogP contribution in [0.1, 0.15) is 25.6 Å². The smallest absolute Gasteiger partial charge is 0.219 e. The van der Waals surface area contributed by atoms with E-state index in [-0.39, 0.29) is 5.91 Å². The molecule has 4 nitrogen and oxygen atoms in total. The summed E-state index contributed by atoms with van der Waals surface area (Å²) in [6.07, 6.45) is 7.11. The molecular weight excluding hydrogens is 226 g/mol. The van der Waals surface area contributed by atoms with Gasteiger partial charge in [-0.2, -0.15) is 0 Å². The number of rotatable bonds is 2. The maximum atomic E-state index is 11.4.